The minimum atomic E-state index is 0.364. The molecule has 0 saturated heterocycles. The van der Waals surface area contributed by atoms with Crippen LogP contribution < -0.4 is 9.47 Å². The van der Waals surface area contributed by atoms with E-state index >= 15 is 0 Å². The molecule has 0 aliphatic carbocycles. The van der Waals surface area contributed by atoms with Crippen molar-refractivity contribution in [3.63, 3.8) is 0 Å². The lowest BCUT2D eigenvalue weighted by molar-refractivity contribution is 0.414. The summed E-state index contributed by atoms with van der Waals surface area (Å²) in [4.78, 5) is 0. The Hall–Kier alpha value is -2.94. The summed E-state index contributed by atoms with van der Waals surface area (Å²) in [7, 11) is 3.37. The maximum atomic E-state index is 10.2. The van der Waals surface area contributed by atoms with Gasteiger partial charge in [0.15, 0.2) is 0 Å². The molecule has 0 unspecified atom stereocenters. The number of phenolic OH excluding ortho intramolecular Hbond substituents is 1. The summed E-state index contributed by atoms with van der Waals surface area (Å²) in [5.41, 5.74) is 4.67. The molecule has 1 N–H and O–H groups in total. The lowest BCUT2D eigenvalue weighted by Gasteiger charge is -2.10. The summed E-state index contributed by atoms with van der Waals surface area (Å²) >= 11 is 0. The SMILES string of the molecule is COc1cccc(CCc2ccc(O)c(CCc3cccc(OC)c3)c2)c1. The summed E-state index contributed by atoms with van der Waals surface area (Å²) in [5.74, 6) is 2.11. The van der Waals surface area contributed by atoms with E-state index in [0.29, 0.717) is 5.75 Å². The van der Waals surface area contributed by atoms with Crippen LogP contribution in [0.15, 0.2) is 66.7 Å². The van der Waals surface area contributed by atoms with Gasteiger partial charge in [0, 0.05) is 0 Å². The van der Waals surface area contributed by atoms with Gasteiger partial charge in [-0.3, -0.25) is 0 Å². The number of ether oxygens (including phenoxy) is 2. The third kappa shape index (κ3) is 5.27. The first-order chi connectivity index (χ1) is 13.2. The van der Waals surface area contributed by atoms with Crippen LogP contribution >= 0.6 is 0 Å². The highest BCUT2D eigenvalue weighted by atomic mass is 16.5. The first-order valence-electron chi connectivity index (χ1n) is 9.24. The van der Waals surface area contributed by atoms with Crippen molar-refractivity contribution < 1.29 is 14.6 Å². The molecule has 3 aromatic rings. The molecule has 0 radical (unpaired) electrons. The second-order valence-corrected chi connectivity index (χ2v) is 6.67. The quantitative estimate of drug-likeness (QED) is 0.614. The molecule has 3 heteroatoms. The van der Waals surface area contributed by atoms with Gasteiger partial charge in [-0.15, -0.1) is 0 Å². The minimum absolute atomic E-state index is 0.364. The molecule has 3 nitrogen and oxygen atoms in total. The van der Waals surface area contributed by atoms with Gasteiger partial charge < -0.3 is 14.6 Å². The zero-order chi connectivity index (χ0) is 19.1. The fraction of sp³-hybridized carbons (Fsp3) is 0.250. The third-order valence-electron chi connectivity index (χ3n) is 4.80. The normalized spacial score (nSPS) is 10.6. The summed E-state index contributed by atoms with van der Waals surface area (Å²) < 4.78 is 10.6. The smallest absolute Gasteiger partial charge is 0.119 e. The predicted octanol–water partition coefficient (Wildman–Crippen LogP) is 4.98. The molecule has 140 valence electrons. The van der Waals surface area contributed by atoms with E-state index < -0.39 is 0 Å². The molecule has 0 spiro atoms. The molecule has 0 heterocycles. The lowest BCUT2D eigenvalue weighted by Crippen LogP contribution is -1.97. The van der Waals surface area contributed by atoms with Crippen molar-refractivity contribution in [2.24, 2.45) is 0 Å². The molecule has 0 saturated carbocycles. The van der Waals surface area contributed by atoms with Crippen LogP contribution in [0, 0.1) is 0 Å². The Labute approximate surface area is 161 Å². The van der Waals surface area contributed by atoms with E-state index in [9.17, 15) is 5.11 Å². The van der Waals surface area contributed by atoms with Gasteiger partial charge in [0.1, 0.15) is 17.2 Å². The fourth-order valence-corrected chi connectivity index (χ4v) is 3.22. The molecule has 0 aliphatic heterocycles. The van der Waals surface area contributed by atoms with Crippen molar-refractivity contribution in [2.75, 3.05) is 14.2 Å². The first-order valence-corrected chi connectivity index (χ1v) is 9.24. The van der Waals surface area contributed by atoms with Gasteiger partial charge in [-0.1, -0.05) is 36.4 Å². The molecular weight excluding hydrogens is 336 g/mol. The molecule has 27 heavy (non-hydrogen) atoms. The van der Waals surface area contributed by atoms with E-state index in [1.807, 2.05) is 42.5 Å². The molecule has 3 aromatic carbocycles. The van der Waals surface area contributed by atoms with Gasteiger partial charge in [-0.2, -0.15) is 0 Å². The number of aryl methyl sites for hydroxylation is 4. The van der Waals surface area contributed by atoms with E-state index in [1.165, 1.54) is 16.7 Å². The van der Waals surface area contributed by atoms with E-state index in [1.54, 1.807) is 14.2 Å². The zero-order valence-electron chi connectivity index (χ0n) is 15.9. The molecule has 0 aliphatic rings. The topological polar surface area (TPSA) is 38.7 Å². The number of aromatic hydroxyl groups is 1. The number of rotatable bonds is 8. The molecule has 0 bridgehead atoms. The fourth-order valence-electron chi connectivity index (χ4n) is 3.22. The Morgan fingerprint density at radius 1 is 0.630 bits per heavy atom. The van der Waals surface area contributed by atoms with Crippen molar-refractivity contribution in [3.05, 3.63) is 89.0 Å². The van der Waals surface area contributed by atoms with Gasteiger partial charge in [0.05, 0.1) is 14.2 Å². The van der Waals surface area contributed by atoms with Gasteiger partial charge >= 0.3 is 0 Å². The minimum Gasteiger partial charge on any atom is -0.508 e. The largest absolute Gasteiger partial charge is 0.508 e. The van der Waals surface area contributed by atoms with E-state index in [2.05, 4.69) is 24.3 Å². The van der Waals surface area contributed by atoms with Crippen LogP contribution in [0.2, 0.25) is 0 Å². The molecule has 0 aromatic heterocycles. The summed E-state index contributed by atoms with van der Waals surface area (Å²) in [6.07, 6.45) is 3.53. The maximum Gasteiger partial charge on any atom is 0.119 e. The van der Waals surface area contributed by atoms with Crippen molar-refractivity contribution >= 4 is 0 Å². The second-order valence-electron chi connectivity index (χ2n) is 6.67. The lowest BCUT2D eigenvalue weighted by atomic mass is 9.98. The van der Waals surface area contributed by atoms with Crippen LogP contribution in [0.5, 0.6) is 17.2 Å². The van der Waals surface area contributed by atoms with E-state index in [0.717, 1.165) is 42.7 Å². The summed E-state index contributed by atoms with van der Waals surface area (Å²) in [5, 5.41) is 10.2. The van der Waals surface area contributed by atoms with E-state index in [4.69, 9.17) is 9.47 Å². The van der Waals surface area contributed by atoms with Crippen molar-refractivity contribution in [1.82, 2.24) is 0 Å². The summed E-state index contributed by atoms with van der Waals surface area (Å²) in [6, 6.07) is 22.2. The predicted molar refractivity (Wildman–Crippen MR) is 109 cm³/mol. The van der Waals surface area contributed by atoms with Gasteiger partial charge in [0.25, 0.3) is 0 Å². The van der Waals surface area contributed by atoms with Gasteiger partial charge in [-0.05, 0) is 78.3 Å². The highest BCUT2D eigenvalue weighted by molar-refractivity contribution is 5.38. The number of phenols is 1. The molecule has 0 amide bonds. The highest BCUT2D eigenvalue weighted by Crippen LogP contribution is 2.23. The van der Waals surface area contributed by atoms with Crippen LogP contribution in [0.3, 0.4) is 0 Å². The average molecular weight is 362 g/mol. The molecule has 3 rings (SSSR count). The zero-order valence-corrected chi connectivity index (χ0v) is 15.9. The Kier molecular flexibility index (Phi) is 6.37. The van der Waals surface area contributed by atoms with Gasteiger partial charge in [0.2, 0.25) is 0 Å². The third-order valence-corrected chi connectivity index (χ3v) is 4.80. The maximum absolute atomic E-state index is 10.2. The number of hydrogen-bond donors (Lipinski definition) is 1. The van der Waals surface area contributed by atoms with Crippen LogP contribution in [0.4, 0.5) is 0 Å². The Balaban J connectivity index is 1.64. The van der Waals surface area contributed by atoms with Crippen molar-refractivity contribution in [3.8, 4) is 17.2 Å². The Morgan fingerprint density at radius 2 is 1.15 bits per heavy atom. The molecule has 0 atom stereocenters. The highest BCUT2D eigenvalue weighted by Gasteiger charge is 2.06. The van der Waals surface area contributed by atoms with Crippen LogP contribution in [-0.4, -0.2) is 19.3 Å². The Bertz CT molecular complexity index is 886. The molecular formula is C24H26O3. The summed E-state index contributed by atoms with van der Waals surface area (Å²) in [6.45, 7) is 0. The first kappa shape index (κ1) is 18.8. The Morgan fingerprint density at radius 3 is 1.70 bits per heavy atom. The molecule has 0 fully saturated rings. The van der Waals surface area contributed by atoms with Crippen molar-refractivity contribution in [1.29, 1.82) is 0 Å². The van der Waals surface area contributed by atoms with Crippen LogP contribution in [-0.2, 0) is 25.7 Å². The number of methoxy groups -OCH3 is 2. The standard InChI is InChI=1S/C24H26O3/c1-26-22-7-3-5-18(16-22)9-10-20-12-14-24(25)21(15-20)13-11-19-6-4-8-23(17-19)27-2/h3-8,12,14-17,25H,9-11,13H2,1-2H3. The van der Waals surface area contributed by atoms with Crippen LogP contribution in [0.1, 0.15) is 22.3 Å². The average Bonchev–Trinajstić information content (AvgIpc) is 2.72. The monoisotopic (exact) mass is 362 g/mol. The second kappa shape index (κ2) is 9.13. The van der Waals surface area contributed by atoms with Crippen molar-refractivity contribution in [2.45, 2.75) is 25.7 Å². The van der Waals surface area contributed by atoms with Gasteiger partial charge in [-0.25, -0.2) is 0 Å². The van der Waals surface area contributed by atoms with Crippen LogP contribution in [0.25, 0.3) is 0 Å². The number of benzene rings is 3. The number of hydrogen-bond acceptors (Lipinski definition) is 3. The van der Waals surface area contributed by atoms with E-state index in [-0.39, 0.29) is 0 Å².